The van der Waals surface area contributed by atoms with Gasteiger partial charge in [0.05, 0.1) is 26.7 Å². The van der Waals surface area contributed by atoms with Gasteiger partial charge in [0.25, 0.3) is 0 Å². The molecule has 0 aliphatic carbocycles. The van der Waals surface area contributed by atoms with Gasteiger partial charge in [-0.3, -0.25) is 0 Å². The zero-order valence-electron chi connectivity index (χ0n) is 10.5. The standard InChI is InChI=1S/C14H9BrCl2N2S2/c15-9-6-8(7-18-14(9)17)19-13(10-2-1-5-20-10)11-3-4-12(16)21-11/h1-7,13,19H. The molecule has 0 aromatic carbocycles. The highest BCUT2D eigenvalue weighted by Crippen LogP contribution is 2.36. The summed E-state index contributed by atoms with van der Waals surface area (Å²) >= 11 is 18.7. The second-order valence-corrected chi connectivity index (χ2v) is 8.17. The van der Waals surface area contributed by atoms with E-state index in [9.17, 15) is 0 Å². The van der Waals surface area contributed by atoms with Gasteiger partial charge in [0.15, 0.2) is 0 Å². The summed E-state index contributed by atoms with van der Waals surface area (Å²) < 4.78 is 1.55. The van der Waals surface area contributed by atoms with Gasteiger partial charge in [-0.2, -0.15) is 0 Å². The molecule has 2 nitrogen and oxygen atoms in total. The van der Waals surface area contributed by atoms with Crippen LogP contribution in [0.3, 0.4) is 0 Å². The van der Waals surface area contributed by atoms with Gasteiger partial charge < -0.3 is 5.32 Å². The minimum atomic E-state index is 0.0531. The van der Waals surface area contributed by atoms with Crippen LogP contribution in [-0.2, 0) is 0 Å². The van der Waals surface area contributed by atoms with Crippen molar-refractivity contribution in [2.75, 3.05) is 5.32 Å². The number of pyridine rings is 1. The lowest BCUT2D eigenvalue weighted by molar-refractivity contribution is 0.988. The molecule has 0 saturated heterocycles. The fraction of sp³-hybridized carbons (Fsp3) is 0.0714. The topological polar surface area (TPSA) is 24.9 Å². The molecule has 1 N–H and O–H groups in total. The van der Waals surface area contributed by atoms with Crippen molar-refractivity contribution in [1.29, 1.82) is 0 Å². The maximum atomic E-state index is 6.07. The highest BCUT2D eigenvalue weighted by Gasteiger charge is 2.17. The van der Waals surface area contributed by atoms with Crippen LogP contribution in [0.15, 0.2) is 46.4 Å². The zero-order valence-corrected chi connectivity index (χ0v) is 15.2. The van der Waals surface area contributed by atoms with Crippen molar-refractivity contribution in [1.82, 2.24) is 4.98 Å². The lowest BCUT2D eigenvalue weighted by atomic mass is 10.2. The van der Waals surface area contributed by atoms with Crippen LogP contribution >= 0.6 is 61.8 Å². The van der Waals surface area contributed by atoms with E-state index in [1.165, 1.54) is 4.88 Å². The Labute approximate surface area is 148 Å². The number of halogens is 3. The number of anilines is 1. The molecule has 3 rings (SSSR count). The predicted octanol–water partition coefficient (Wildman–Crippen LogP) is 6.48. The third-order valence-electron chi connectivity index (χ3n) is 2.81. The number of nitrogens with one attached hydrogen (secondary N) is 1. The molecule has 0 saturated carbocycles. The minimum Gasteiger partial charge on any atom is -0.371 e. The third-order valence-corrected chi connectivity index (χ3v) is 6.18. The zero-order chi connectivity index (χ0) is 14.8. The Morgan fingerprint density at radius 1 is 1.19 bits per heavy atom. The summed E-state index contributed by atoms with van der Waals surface area (Å²) in [5.74, 6) is 0. The first-order valence-corrected chi connectivity index (χ1v) is 9.24. The van der Waals surface area contributed by atoms with Crippen LogP contribution in [0.1, 0.15) is 15.8 Å². The van der Waals surface area contributed by atoms with Crippen molar-refractivity contribution in [3.63, 3.8) is 0 Å². The number of thiophene rings is 2. The van der Waals surface area contributed by atoms with Crippen molar-refractivity contribution in [3.05, 3.63) is 65.6 Å². The average molecular weight is 420 g/mol. The van der Waals surface area contributed by atoms with Gasteiger partial charge in [-0.05, 0) is 45.6 Å². The molecule has 0 amide bonds. The summed E-state index contributed by atoms with van der Waals surface area (Å²) in [6.45, 7) is 0. The summed E-state index contributed by atoms with van der Waals surface area (Å²) in [6.07, 6.45) is 1.73. The van der Waals surface area contributed by atoms with Gasteiger partial charge in [-0.1, -0.05) is 29.3 Å². The number of nitrogens with zero attached hydrogens (tertiary/aromatic N) is 1. The second-order valence-electron chi connectivity index (χ2n) is 4.23. The second kappa shape index (κ2) is 6.67. The van der Waals surface area contributed by atoms with E-state index in [1.54, 1.807) is 28.9 Å². The monoisotopic (exact) mass is 418 g/mol. The van der Waals surface area contributed by atoms with Crippen molar-refractivity contribution < 1.29 is 0 Å². The fourth-order valence-electron chi connectivity index (χ4n) is 1.89. The fourth-order valence-corrected chi connectivity index (χ4v) is 4.34. The largest absolute Gasteiger partial charge is 0.371 e. The summed E-state index contributed by atoms with van der Waals surface area (Å²) in [7, 11) is 0. The SMILES string of the molecule is Clc1ccc(C(Nc2cnc(Cl)c(Br)c2)c2cccs2)s1. The van der Waals surface area contributed by atoms with E-state index in [0.29, 0.717) is 5.15 Å². The summed E-state index contributed by atoms with van der Waals surface area (Å²) in [6, 6.07) is 10.1. The van der Waals surface area contributed by atoms with Gasteiger partial charge in [0.1, 0.15) is 5.15 Å². The molecule has 0 bridgehead atoms. The smallest absolute Gasteiger partial charge is 0.143 e. The van der Waals surface area contributed by atoms with Crippen LogP contribution in [0.5, 0.6) is 0 Å². The predicted molar refractivity (Wildman–Crippen MR) is 96.1 cm³/mol. The highest BCUT2D eigenvalue weighted by atomic mass is 79.9. The van der Waals surface area contributed by atoms with Gasteiger partial charge in [0.2, 0.25) is 0 Å². The molecule has 7 heteroatoms. The van der Waals surface area contributed by atoms with Crippen LogP contribution in [0, 0.1) is 0 Å². The molecule has 3 aromatic rings. The summed E-state index contributed by atoms with van der Waals surface area (Å²) in [5.41, 5.74) is 0.897. The normalized spacial score (nSPS) is 12.3. The molecule has 21 heavy (non-hydrogen) atoms. The average Bonchev–Trinajstić information content (AvgIpc) is 3.11. The molecule has 108 valence electrons. The Morgan fingerprint density at radius 2 is 2.05 bits per heavy atom. The van der Waals surface area contributed by atoms with E-state index in [-0.39, 0.29) is 6.04 Å². The van der Waals surface area contributed by atoms with Gasteiger partial charge in [0, 0.05) is 9.75 Å². The van der Waals surface area contributed by atoms with Gasteiger partial charge in [-0.15, -0.1) is 22.7 Å². The maximum Gasteiger partial charge on any atom is 0.143 e. The van der Waals surface area contributed by atoms with Crippen LogP contribution in [0.2, 0.25) is 9.49 Å². The summed E-state index contributed by atoms with van der Waals surface area (Å²) in [5, 5.41) is 6.01. The Morgan fingerprint density at radius 3 is 2.67 bits per heavy atom. The van der Waals surface area contributed by atoms with Gasteiger partial charge >= 0.3 is 0 Å². The Bertz CT molecular complexity index is 743. The summed E-state index contributed by atoms with van der Waals surface area (Å²) in [4.78, 5) is 6.53. The minimum absolute atomic E-state index is 0.0531. The number of rotatable bonds is 4. The first-order valence-electron chi connectivity index (χ1n) is 5.99. The Kier molecular flexibility index (Phi) is 4.86. The quantitative estimate of drug-likeness (QED) is 0.489. The lowest BCUT2D eigenvalue weighted by Gasteiger charge is -2.17. The molecule has 0 aliphatic rings. The van der Waals surface area contributed by atoms with Crippen LogP contribution in [-0.4, -0.2) is 4.98 Å². The molecular weight excluding hydrogens is 411 g/mol. The number of aromatic nitrogens is 1. The Balaban J connectivity index is 1.94. The van der Waals surface area contributed by atoms with Crippen molar-refractivity contribution >= 4 is 67.5 Å². The number of hydrogen-bond acceptors (Lipinski definition) is 4. The van der Waals surface area contributed by atoms with Gasteiger partial charge in [-0.25, -0.2) is 4.98 Å². The maximum absolute atomic E-state index is 6.07. The molecule has 1 unspecified atom stereocenters. The van der Waals surface area contributed by atoms with Crippen molar-refractivity contribution in [3.8, 4) is 0 Å². The van der Waals surface area contributed by atoms with E-state index >= 15 is 0 Å². The molecule has 0 aliphatic heterocycles. The first-order chi connectivity index (χ1) is 10.1. The molecule has 0 fully saturated rings. The molecule has 0 radical (unpaired) electrons. The molecular formula is C14H9BrCl2N2S2. The van der Waals surface area contributed by atoms with Crippen LogP contribution < -0.4 is 5.32 Å². The van der Waals surface area contributed by atoms with E-state index in [2.05, 4.69) is 37.7 Å². The first kappa shape index (κ1) is 15.3. The van der Waals surface area contributed by atoms with E-state index in [0.717, 1.165) is 19.4 Å². The third kappa shape index (κ3) is 3.60. The Hall–Kier alpha value is -0.590. The molecule has 3 aromatic heterocycles. The highest BCUT2D eigenvalue weighted by molar-refractivity contribution is 9.10. The molecule has 1 atom stereocenters. The number of hydrogen-bond donors (Lipinski definition) is 1. The lowest BCUT2D eigenvalue weighted by Crippen LogP contribution is -2.09. The van der Waals surface area contributed by atoms with Crippen LogP contribution in [0.4, 0.5) is 5.69 Å². The molecule has 3 heterocycles. The van der Waals surface area contributed by atoms with Crippen molar-refractivity contribution in [2.45, 2.75) is 6.04 Å². The van der Waals surface area contributed by atoms with Crippen molar-refractivity contribution in [2.24, 2.45) is 0 Å². The molecule has 0 spiro atoms. The van der Waals surface area contributed by atoms with E-state index < -0.39 is 0 Å². The van der Waals surface area contributed by atoms with Crippen LogP contribution in [0.25, 0.3) is 0 Å². The van der Waals surface area contributed by atoms with E-state index in [1.807, 2.05) is 24.3 Å². The van der Waals surface area contributed by atoms with E-state index in [4.69, 9.17) is 23.2 Å².